The van der Waals surface area contributed by atoms with E-state index in [1.807, 2.05) is 0 Å². The molecule has 10 heteroatoms. The van der Waals surface area contributed by atoms with Gasteiger partial charge in [0.25, 0.3) is 20.2 Å². The van der Waals surface area contributed by atoms with E-state index in [9.17, 15) is 16.8 Å². The molecule has 0 radical (unpaired) electrons. The number of hydrogen-bond acceptors (Lipinski definition) is 4. The maximum absolute atomic E-state index is 12.2. The fourth-order valence-electron chi connectivity index (χ4n) is 1.64. The first-order valence-corrected chi connectivity index (χ1v) is 9.67. The van der Waals surface area contributed by atoms with E-state index in [0.29, 0.717) is 0 Å². The molecule has 0 saturated heterocycles. The molecule has 2 aromatic carbocycles. The topological polar surface area (TPSA) is 118 Å². The van der Waals surface area contributed by atoms with Crippen molar-refractivity contribution in [1.82, 2.24) is 0 Å². The van der Waals surface area contributed by atoms with E-state index in [1.54, 1.807) is 12.1 Å². The predicted molar refractivity (Wildman–Crippen MR) is 88.1 cm³/mol. The van der Waals surface area contributed by atoms with Crippen LogP contribution in [0, 0.1) is 0 Å². The average Bonchev–Trinajstić information content (AvgIpc) is 2.37. The molecule has 7 nitrogen and oxygen atoms in total. The van der Waals surface area contributed by atoms with E-state index in [4.69, 9.17) is 5.14 Å². The van der Waals surface area contributed by atoms with Crippen LogP contribution in [0.15, 0.2) is 57.9 Å². The minimum absolute atomic E-state index is 0.0838. The van der Waals surface area contributed by atoms with Crippen molar-refractivity contribution in [1.29, 1.82) is 0 Å². The van der Waals surface area contributed by atoms with Crippen molar-refractivity contribution in [2.24, 2.45) is 5.14 Å². The lowest BCUT2D eigenvalue weighted by atomic mass is 10.3. The van der Waals surface area contributed by atoms with E-state index in [0.717, 1.165) is 4.47 Å². The number of hydrogen-bond donors (Lipinski definition) is 3. The van der Waals surface area contributed by atoms with Gasteiger partial charge in [0.2, 0.25) is 0 Å². The monoisotopic (exact) mass is 405 g/mol. The lowest BCUT2D eigenvalue weighted by molar-refractivity contribution is 0.600. The zero-order chi connectivity index (χ0) is 16.4. The molecule has 118 valence electrons. The molecule has 4 N–H and O–H groups in total. The maximum Gasteiger partial charge on any atom is 0.296 e. The van der Waals surface area contributed by atoms with Crippen molar-refractivity contribution in [3.63, 3.8) is 0 Å². The number of benzene rings is 2. The van der Waals surface area contributed by atoms with Gasteiger partial charge in [0.1, 0.15) is 0 Å². The second kappa shape index (κ2) is 6.24. The summed E-state index contributed by atoms with van der Waals surface area (Å²) in [5.74, 6) is 0. The predicted octanol–water partition coefficient (Wildman–Crippen LogP) is 1.87. The van der Waals surface area contributed by atoms with Crippen molar-refractivity contribution >= 4 is 47.5 Å². The fourth-order valence-corrected chi connectivity index (χ4v) is 3.41. The molecule has 2 rings (SSSR count). The summed E-state index contributed by atoms with van der Waals surface area (Å²) in [5, 5.41) is 4.87. The van der Waals surface area contributed by atoms with Crippen LogP contribution in [0.25, 0.3) is 0 Å². The summed E-state index contributed by atoms with van der Waals surface area (Å²) in [4.78, 5) is 0.0838. The first-order valence-electron chi connectivity index (χ1n) is 5.85. The quantitative estimate of drug-likeness (QED) is 0.702. The molecule has 0 atom stereocenters. The van der Waals surface area contributed by atoms with Crippen LogP contribution in [-0.2, 0) is 20.2 Å². The number of halogens is 1. The Labute approximate surface area is 136 Å². The van der Waals surface area contributed by atoms with Crippen molar-refractivity contribution in [3.8, 4) is 0 Å². The van der Waals surface area contributed by atoms with Gasteiger partial charge in [-0.05, 0) is 42.5 Å². The maximum atomic E-state index is 12.2. The number of nitrogens with one attached hydrogen (secondary N) is 2. The Morgan fingerprint density at radius 1 is 0.864 bits per heavy atom. The molecule has 0 spiro atoms. The lowest BCUT2D eigenvalue weighted by Crippen LogP contribution is -2.21. The van der Waals surface area contributed by atoms with Crippen LogP contribution in [0.4, 0.5) is 11.4 Å². The molecule has 0 fully saturated rings. The third kappa shape index (κ3) is 4.70. The van der Waals surface area contributed by atoms with Crippen LogP contribution in [0.3, 0.4) is 0 Å². The SMILES string of the molecule is NS(=O)(=O)Nc1cccc(NS(=O)(=O)c2ccc(Br)cc2)c1. The number of rotatable bonds is 5. The zero-order valence-electron chi connectivity index (χ0n) is 11.0. The normalized spacial score (nSPS) is 11.9. The van der Waals surface area contributed by atoms with Gasteiger partial charge < -0.3 is 0 Å². The summed E-state index contributed by atoms with van der Waals surface area (Å²) < 4.78 is 51.6. The van der Waals surface area contributed by atoms with Crippen LogP contribution in [0.1, 0.15) is 0 Å². The fraction of sp³-hybridized carbons (Fsp3) is 0. The largest absolute Gasteiger partial charge is 0.296 e. The minimum atomic E-state index is -3.93. The van der Waals surface area contributed by atoms with Gasteiger partial charge in [-0.15, -0.1) is 0 Å². The molecule has 0 bridgehead atoms. The Kier molecular flexibility index (Phi) is 4.75. The van der Waals surface area contributed by atoms with Crippen molar-refractivity contribution < 1.29 is 16.8 Å². The molecule has 0 heterocycles. The third-order valence-corrected chi connectivity index (χ3v) is 4.94. The Morgan fingerprint density at radius 3 is 1.95 bits per heavy atom. The highest BCUT2D eigenvalue weighted by Gasteiger charge is 2.14. The summed E-state index contributed by atoms with van der Waals surface area (Å²) in [6.45, 7) is 0. The van der Waals surface area contributed by atoms with E-state index < -0.39 is 20.2 Å². The van der Waals surface area contributed by atoms with Gasteiger partial charge in [-0.25, -0.2) is 13.6 Å². The standard InChI is InChI=1S/C12H12BrN3O4S2/c13-9-4-6-12(7-5-9)21(17,18)15-10-2-1-3-11(8-10)16-22(14,19)20/h1-8,15-16H,(H2,14,19,20). The number of sulfonamides is 1. The molecule has 0 saturated carbocycles. The average molecular weight is 406 g/mol. The van der Waals surface area contributed by atoms with Gasteiger partial charge in [-0.3, -0.25) is 9.44 Å². The van der Waals surface area contributed by atoms with Crippen LogP contribution >= 0.6 is 15.9 Å². The Balaban J connectivity index is 2.26. The van der Waals surface area contributed by atoms with Crippen LogP contribution in [-0.4, -0.2) is 16.8 Å². The first-order chi connectivity index (χ1) is 10.2. The summed E-state index contributed by atoms with van der Waals surface area (Å²) >= 11 is 3.22. The van der Waals surface area contributed by atoms with E-state index in [2.05, 4.69) is 25.4 Å². The smallest absolute Gasteiger partial charge is 0.280 e. The minimum Gasteiger partial charge on any atom is -0.280 e. The van der Waals surface area contributed by atoms with Gasteiger partial charge in [0.15, 0.2) is 0 Å². The van der Waals surface area contributed by atoms with E-state index in [-0.39, 0.29) is 16.3 Å². The van der Waals surface area contributed by atoms with Gasteiger partial charge in [0.05, 0.1) is 16.3 Å². The summed E-state index contributed by atoms with van der Waals surface area (Å²) in [6.07, 6.45) is 0. The molecule has 0 aromatic heterocycles. The van der Waals surface area contributed by atoms with E-state index >= 15 is 0 Å². The lowest BCUT2D eigenvalue weighted by Gasteiger charge is -2.10. The molecule has 0 aliphatic carbocycles. The highest BCUT2D eigenvalue weighted by molar-refractivity contribution is 9.10. The highest BCUT2D eigenvalue weighted by atomic mass is 79.9. The molecule has 22 heavy (non-hydrogen) atoms. The Morgan fingerprint density at radius 2 is 1.41 bits per heavy atom. The summed E-state index contributed by atoms with van der Waals surface area (Å²) in [6, 6.07) is 11.8. The summed E-state index contributed by atoms with van der Waals surface area (Å²) in [7, 11) is -7.70. The van der Waals surface area contributed by atoms with Crippen molar-refractivity contribution in [2.45, 2.75) is 4.90 Å². The van der Waals surface area contributed by atoms with Crippen LogP contribution in [0.5, 0.6) is 0 Å². The van der Waals surface area contributed by atoms with E-state index in [1.165, 1.54) is 36.4 Å². The molecule has 0 unspecified atom stereocenters. The van der Waals surface area contributed by atoms with Crippen molar-refractivity contribution in [3.05, 3.63) is 53.0 Å². The molecule has 0 amide bonds. The van der Waals surface area contributed by atoms with Gasteiger partial charge >= 0.3 is 0 Å². The van der Waals surface area contributed by atoms with Crippen molar-refractivity contribution in [2.75, 3.05) is 9.44 Å². The van der Waals surface area contributed by atoms with Gasteiger partial charge in [-0.1, -0.05) is 22.0 Å². The molecular weight excluding hydrogens is 394 g/mol. The Hall–Kier alpha value is -1.62. The summed E-state index contributed by atoms with van der Waals surface area (Å²) in [5.41, 5.74) is 0.357. The first kappa shape index (κ1) is 16.7. The van der Waals surface area contributed by atoms with Crippen LogP contribution in [0.2, 0.25) is 0 Å². The molecule has 0 aliphatic heterocycles. The molecule has 0 aliphatic rings. The second-order valence-corrected chi connectivity index (χ2v) is 8.18. The zero-order valence-corrected chi connectivity index (χ0v) is 14.2. The number of anilines is 2. The molecular formula is C12H12BrN3O4S2. The van der Waals surface area contributed by atoms with Gasteiger partial charge in [-0.2, -0.15) is 8.42 Å². The number of nitrogens with two attached hydrogens (primary N) is 1. The second-order valence-electron chi connectivity index (χ2n) is 4.29. The third-order valence-electron chi connectivity index (χ3n) is 2.50. The van der Waals surface area contributed by atoms with Crippen LogP contribution < -0.4 is 14.6 Å². The Bertz CT molecular complexity index is 881. The van der Waals surface area contributed by atoms with Gasteiger partial charge in [0, 0.05) is 4.47 Å². The molecule has 2 aromatic rings. The highest BCUT2D eigenvalue weighted by Crippen LogP contribution is 2.21.